The van der Waals surface area contributed by atoms with Crippen molar-refractivity contribution >= 4 is 27.9 Å². The molecule has 0 amide bonds. The van der Waals surface area contributed by atoms with E-state index >= 15 is 0 Å². The monoisotopic (exact) mass is 396 g/mol. The van der Waals surface area contributed by atoms with Gasteiger partial charge in [0.1, 0.15) is 0 Å². The van der Waals surface area contributed by atoms with Gasteiger partial charge in [0.2, 0.25) is 0 Å². The molecule has 31 heavy (non-hydrogen) atoms. The lowest BCUT2D eigenvalue weighted by Crippen LogP contribution is -1.98. The Morgan fingerprint density at radius 3 is 2.00 bits per heavy atom. The van der Waals surface area contributed by atoms with E-state index in [4.69, 9.17) is 10.7 Å². The number of rotatable bonds is 2. The second-order valence-corrected chi connectivity index (χ2v) is 7.92. The zero-order valence-corrected chi connectivity index (χ0v) is 16.9. The van der Waals surface area contributed by atoms with Gasteiger partial charge >= 0.3 is 0 Å². The van der Waals surface area contributed by atoms with E-state index in [1.54, 1.807) is 0 Å². The molecule has 0 unspecified atom stereocenters. The van der Waals surface area contributed by atoms with Gasteiger partial charge in [0, 0.05) is 16.8 Å². The summed E-state index contributed by atoms with van der Waals surface area (Å²) in [4.78, 5) is 5.14. The van der Waals surface area contributed by atoms with Crippen molar-refractivity contribution in [3.05, 3.63) is 120 Å². The van der Waals surface area contributed by atoms with Crippen LogP contribution in [0.3, 0.4) is 0 Å². The molecular formula is C29H20N2. The maximum atomic E-state index is 5.88. The maximum absolute atomic E-state index is 5.88. The standard InChI is InChI=1S/C29H20N2/c30-23-13-9-20(10-14-23)22-12-16-26-25-7-3-4-8-27(25)29(28(26)18-22)31-24-15-11-19-5-1-2-6-21(19)17-24/h1-18H,30H2. The second kappa shape index (κ2) is 6.96. The van der Waals surface area contributed by atoms with Gasteiger partial charge in [-0.05, 0) is 63.4 Å². The normalized spacial score (nSPS) is 13.4. The average Bonchev–Trinajstić information content (AvgIpc) is 3.12. The van der Waals surface area contributed by atoms with Crippen LogP contribution in [-0.4, -0.2) is 5.71 Å². The molecule has 0 aromatic heterocycles. The third-order valence-electron chi connectivity index (χ3n) is 5.97. The number of nitrogens with zero attached hydrogens (tertiary/aromatic N) is 1. The van der Waals surface area contributed by atoms with Crippen LogP contribution in [0.2, 0.25) is 0 Å². The van der Waals surface area contributed by atoms with Crippen LogP contribution in [0.1, 0.15) is 11.1 Å². The third-order valence-corrected chi connectivity index (χ3v) is 5.97. The number of benzene rings is 5. The number of hydrogen-bond donors (Lipinski definition) is 1. The summed E-state index contributed by atoms with van der Waals surface area (Å²) < 4.78 is 0. The van der Waals surface area contributed by atoms with E-state index < -0.39 is 0 Å². The molecule has 5 aromatic carbocycles. The Bertz CT molecular complexity index is 1480. The van der Waals surface area contributed by atoms with Crippen molar-refractivity contribution in [3.8, 4) is 22.3 Å². The highest BCUT2D eigenvalue weighted by molar-refractivity contribution is 6.25. The molecule has 0 saturated carbocycles. The highest BCUT2D eigenvalue weighted by Crippen LogP contribution is 2.40. The summed E-state index contributed by atoms with van der Waals surface area (Å²) in [6, 6.07) is 38.0. The topological polar surface area (TPSA) is 38.4 Å². The van der Waals surface area contributed by atoms with Gasteiger partial charge in [-0.3, -0.25) is 0 Å². The van der Waals surface area contributed by atoms with Crippen molar-refractivity contribution in [1.29, 1.82) is 0 Å². The van der Waals surface area contributed by atoms with E-state index in [0.29, 0.717) is 0 Å². The molecule has 6 rings (SSSR count). The van der Waals surface area contributed by atoms with Crippen molar-refractivity contribution in [1.82, 2.24) is 0 Å². The highest BCUT2D eigenvalue weighted by atomic mass is 14.8. The van der Waals surface area contributed by atoms with Crippen LogP contribution in [0.25, 0.3) is 33.0 Å². The number of nitrogen functional groups attached to an aromatic ring is 1. The largest absolute Gasteiger partial charge is 0.399 e. The third kappa shape index (κ3) is 3.01. The van der Waals surface area contributed by atoms with Gasteiger partial charge in [0.05, 0.1) is 11.4 Å². The van der Waals surface area contributed by atoms with Gasteiger partial charge in [0.15, 0.2) is 0 Å². The van der Waals surface area contributed by atoms with Crippen molar-refractivity contribution in [2.24, 2.45) is 4.99 Å². The summed E-state index contributed by atoms with van der Waals surface area (Å²) in [6.07, 6.45) is 0. The molecule has 1 aliphatic rings. The Kier molecular flexibility index (Phi) is 3.97. The summed E-state index contributed by atoms with van der Waals surface area (Å²) >= 11 is 0. The SMILES string of the molecule is Nc1ccc(-c2ccc3c(c2)C(=Nc2ccc4ccccc4c2)c2ccccc2-3)cc1. The Hall–Kier alpha value is -4.17. The Balaban J connectivity index is 1.54. The van der Waals surface area contributed by atoms with Crippen LogP contribution in [0.4, 0.5) is 11.4 Å². The molecule has 0 aliphatic heterocycles. The van der Waals surface area contributed by atoms with Gasteiger partial charge < -0.3 is 5.73 Å². The Morgan fingerprint density at radius 1 is 0.484 bits per heavy atom. The van der Waals surface area contributed by atoms with Crippen molar-refractivity contribution in [3.63, 3.8) is 0 Å². The van der Waals surface area contributed by atoms with Gasteiger partial charge in [-0.25, -0.2) is 4.99 Å². The first kappa shape index (κ1) is 17.7. The Morgan fingerprint density at radius 2 is 1.16 bits per heavy atom. The van der Waals surface area contributed by atoms with E-state index in [1.165, 1.54) is 33.0 Å². The van der Waals surface area contributed by atoms with Gasteiger partial charge in [-0.1, -0.05) is 78.9 Å². The fraction of sp³-hybridized carbons (Fsp3) is 0. The highest BCUT2D eigenvalue weighted by Gasteiger charge is 2.25. The number of nitrogens with two attached hydrogens (primary N) is 1. The minimum absolute atomic E-state index is 0.774. The average molecular weight is 396 g/mol. The quantitative estimate of drug-likeness (QED) is 0.308. The number of fused-ring (bicyclic) bond motifs is 4. The number of anilines is 1. The van der Waals surface area contributed by atoms with Crippen LogP contribution >= 0.6 is 0 Å². The fourth-order valence-electron chi connectivity index (χ4n) is 4.40. The molecule has 0 saturated heterocycles. The summed E-state index contributed by atoms with van der Waals surface area (Å²) in [7, 11) is 0. The van der Waals surface area contributed by atoms with Crippen molar-refractivity contribution in [2.45, 2.75) is 0 Å². The first-order chi connectivity index (χ1) is 15.3. The molecule has 5 aromatic rings. The summed E-state index contributed by atoms with van der Waals surface area (Å²) in [5.41, 5.74) is 15.8. The molecule has 0 bridgehead atoms. The Labute approximate surface area is 181 Å². The molecular weight excluding hydrogens is 376 g/mol. The molecule has 0 atom stereocenters. The summed E-state index contributed by atoms with van der Waals surface area (Å²) in [6.45, 7) is 0. The van der Waals surface area contributed by atoms with E-state index in [9.17, 15) is 0 Å². The zero-order valence-electron chi connectivity index (χ0n) is 16.9. The van der Waals surface area contributed by atoms with Crippen molar-refractivity contribution in [2.75, 3.05) is 5.73 Å². The lowest BCUT2D eigenvalue weighted by molar-refractivity contribution is 1.52. The van der Waals surface area contributed by atoms with E-state index in [-0.39, 0.29) is 0 Å². The zero-order chi connectivity index (χ0) is 20.8. The van der Waals surface area contributed by atoms with Gasteiger partial charge in [0.25, 0.3) is 0 Å². The van der Waals surface area contributed by atoms with Crippen LogP contribution < -0.4 is 5.73 Å². The van der Waals surface area contributed by atoms with E-state index in [2.05, 4.69) is 97.1 Å². The molecule has 2 nitrogen and oxygen atoms in total. The first-order valence-electron chi connectivity index (χ1n) is 10.4. The fourth-order valence-corrected chi connectivity index (χ4v) is 4.40. The molecule has 2 N–H and O–H groups in total. The first-order valence-corrected chi connectivity index (χ1v) is 10.4. The molecule has 0 spiro atoms. The van der Waals surface area contributed by atoms with Crippen LogP contribution in [0, 0.1) is 0 Å². The summed E-state index contributed by atoms with van der Waals surface area (Å²) in [5.74, 6) is 0. The molecule has 1 aliphatic carbocycles. The van der Waals surface area contributed by atoms with Crippen LogP contribution in [0.15, 0.2) is 114 Å². The minimum Gasteiger partial charge on any atom is -0.399 e. The number of aliphatic imine (C=N–C) groups is 1. The lowest BCUT2D eigenvalue weighted by atomic mass is 9.98. The van der Waals surface area contributed by atoms with Crippen LogP contribution in [-0.2, 0) is 0 Å². The molecule has 146 valence electrons. The molecule has 2 heteroatoms. The lowest BCUT2D eigenvalue weighted by Gasteiger charge is -2.07. The van der Waals surface area contributed by atoms with E-state index in [1.807, 2.05) is 12.1 Å². The smallest absolute Gasteiger partial charge is 0.0794 e. The minimum atomic E-state index is 0.774. The maximum Gasteiger partial charge on any atom is 0.0794 e. The predicted molar refractivity (Wildman–Crippen MR) is 131 cm³/mol. The molecule has 0 heterocycles. The molecule has 0 fully saturated rings. The van der Waals surface area contributed by atoms with Gasteiger partial charge in [-0.15, -0.1) is 0 Å². The summed E-state index contributed by atoms with van der Waals surface area (Å²) in [5, 5.41) is 2.43. The van der Waals surface area contributed by atoms with Gasteiger partial charge in [-0.2, -0.15) is 0 Å². The van der Waals surface area contributed by atoms with E-state index in [0.717, 1.165) is 28.2 Å². The molecule has 0 radical (unpaired) electrons. The number of hydrogen-bond acceptors (Lipinski definition) is 2. The predicted octanol–water partition coefficient (Wildman–Crippen LogP) is 7.24. The van der Waals surface area contributed by atoms with Crippen molar-refractivity contribution < 1.29 is 0 Å². The second-order valence-electron chi connectivity index (χ2n) is 7.92. The van der Waals surface area contributed by atoms with Crippen LogP contribution in [0.5, 0.6) is 0 Å².